The summed E-state index contributed by atoms with van der Waals surface area (Å²) in [7, 11) is 0. The number of para-hydroxylation sites is 1. The number of hydrogen-bond donors (Lipinski definition) is 0. The smallest absolute Gasteiger partial charge is 0.331 e. The molecule has 0 radical (unpaired) electrons. The SMILES string of the molecule is O=C(Cn1cnc2ccccc2c1=O)Oc1cc(F)ccc1[N+](=O)[O-]. The minimum absolute atomic E-state index is 0.314. The number of aromatic nitrogens is 2. The van der Waals surface area contributed by atoms with E-state index in [0.717, 1.165) is 22.8 Å². The van der Waals surface area contributed by atoms with Crippen LogP contribution in [0.25, 0.3) is 10.9 Å². The molecule has 0 aliphatic carbocycles. The lowest BCUT2D eigenvalue weighted by atomic mass is 10.2. The van der Waals surface area contributed by atoms with Crippen LogP contribution >= 0.6 is 0 Å². The summed E-state index contributed by atoms with van der Waals surface area (Å²) in [4.78, 5) is 38.4. The molecule has 0 aliphatic heterocycles. The molecule has 2 aromatic carbocycles. The normalized spacial score (nSPS) is 10.6. The fourth-order valence-electron chi connectivity index (χ4n) is 2.23. The Bertz CT molecular complexity index is 1050. The Hall–Kier alpha value is -3.62. The number of hydrogen-bond acceptors (Lipinski definition) is 6. The monoisotopic (exact) mass is 343 g/mol. The summed E-state index contributed by atoms with van der Waals surface area (Å²) < 4.78 is 19.1. The van der Waals surface area contributed by atoms with Crippen LogP contribution in [0, 0.1) is 15.9 Å². The Morgan fingerprint density at radius 1 is 1.28 bits per heavy atom. The maximum absolute atomic E-state index is 13.2. The standard InChI is InChI=1S/C16H10FN3O5/c17-10-5-6-13(20(23)24)14(7-10)25-15(21)8-19-9-18-12-4-2-1-3-11(12)16(19)22/h1-7,9H,8H2. The summed E-state index contributed by atoms with van der Waals surface area (Å²) >= 11 is 0. The van der Waals surface area contributed by atoms with E-state index in [4.69, 9.17) is 4.74 Å². The number of fused-ring (bicyclic) bond motifs is 1. The molecule has 0 saturated heterocycles. The minimum atomic E-state index is -0.965. The van der Waals surface area contributed by atoms with Crippen molar-refractivity contribution in [2.45, 2.75) is 6.54 Å². The Balaban J connectivity index is 1.87. The molecule has 1 aromatic heterocycles. The molecule has 0 amide bonds. The van der Waals surface area contributed by atoms with Gasteiger partial charge in [-0.25, -0.2) is 14.2 Å². The molecule has 0 spiro atoms. The highest BCUT2D eigenvalue weighted by atomic mass is 19.1. The number of nitro benzene ring substituents is 1. The maximum Gasteiger partial charge on any atom is 0.331 e. The Kier molecular flexibility index (Phi) is 4.21. The highest BCUT2D eigenvalue weighted by Gasteiger charge is 2.19. The van der Waals surface area contributed by atoms with Gasteiger partial charge in [0, 0.05) is 12.1 Å². The van der Waals surface area contributed by atoms with Crippen LogP contribution in [0.3, 0.4) is 0 Å². The van der Waals surface area contributed by atoms with Crippen molar-refractivity contribution in [2.24, 2.45) is 0 Å². The van der Waals surface area contributed by atoms with Gasteiger partial charge in [-0.05, 0) is 18.2 Å². The fraction of sp³-hybridized carbons (Fsp3) is 0.0625. The van der Waals surface area contributed by atoms with Crippen molar-refractivity contribution in [2.75, 3.05) is 0 Å². The molecule has 25 heavy (non-hydrogen) atoms. The van der Waals surface area contributed by atoms with Gasteiger partial charge in [0.05, 0.1) is 22.2 Å². The highest BCUT2D eigenvalue weighted by molar-refractivity contribution is 5.78. The van der Waals surface area contributed by atoms with Gasteiger partial charge in [-0.15, -0.1) is 0 Å². The zero-order valence-corrected chi connectivity index (χ0v) is 12.6. The maximum atomic E-state index is 13.2. The second-order valence-electron chi connectivity index (χ2n) is 5.04. The number of ether oxygens (including phenoxy) is 1. The summed E-state index contributed by atoms with van der Waals surface area (Å²) in [5.41, 5.74) is -0.548. The van der Waals surface area contributed by atoms with Crippen molar-refractivity contribution < 1.29 is 18.8 Å². The zero-order valence-electron chi connectivity index (χ0n) is 12.6. The van der Waals surface area contributed by atoms with Crippen molar-refractivity contribution in [3.8, 4) is 5.75 Å². The largest absolute Gasteiger partial charge is 0.418 e. The summed E-state index contributed by atoms with van der Waals surface area (Å²) in [6, 6.07) is 9.09. The lowest BCUT2D eigenvalue weighted by Gasteiger charge is -2.07. The van der Waals surface area contributed by atoms with Gasteiger partial charge < -0.3 is 4.74 Å². The molecule has 126 valence electrons. The van der Waals surface area contributed by atoms with E-state index in [1.165, 1.54) is 6.33 Å². The second-order valence-corrected chi connectivity index (χ2v) is 5.04. The highest BCUT2D eigenvalue weighted by Crippen LogP contribution is 2.27. The predicted molar refractivity (Wildman–Crippen MR) is 84.7 cm³/mol. The molecular formula is C16H10FN3O5. The Labute approximate surface area is 139 Å². The number of nitro groups is 1. The minimum Gasteiger partial charge on any atom is -0.418 e. The average Bonchev–Trinajstić information content (AvgIpc) is 2.57. The van der Waals surface area contributed by atoms with E-state index >= 15 is 0 Å². The number of rotatable bonds is 4. The molecule has 0 unspecified atom stereocenters. The van der Waals surface area contributed by atoms with Crippen molar-refractivity contribution in [3.63, 3.8) is 0 Å². The van der Waals surface area contributed by atoms with Crippen molar-refractivity contribution in [1.82, 2.24) is 9.55 Å². The number of halogens is 1. The first-order valence-electron chi connectivity index (χ1n) is 7.04. The lowest BCUT2D eigenvalue weighted by Crippen LogP contribution is -2.27. The topological polar surface area (TPSA) is 104 Å². The van der Waals surface area contributed by atoms with E-state index in [0.29, 0.717) is 10.9 Å². The van der Waals surface area contributed by atoms with E-state index in [-0.39, 0.29) is 0 Å². The van der Waals surface area contributed by atoms with Crippen LogP contribution in [-0.4, -0.2) is 20.4 Å². The van der Waals surface area contributed by atoms with Crippen molar-refractivity contribution >= 4 is 22.6 Å². The summed E-state index contributed by atoms with van der Waals surface area (Å²) in [6.07, 6.45) is 1.17. The quantitative estimate of drug-likeness (QED) is 0.311. The first-order chi connectivity index (χ1) is 12.0. The molecule has 3 rings (SSSR count). The van der Waals surface area contributed by atoms with Crippen LogP contribution in [0.4, 0.5) is 10.1 Å². The summed E-state index contributed by atoms with van der Waals surface area (Å²) in [6.45, 7) is -0.523. The molecule has 0 fully saturated rings. The number of nitrogens with zero attached hydrogens (tertiary/aromatic N) is 3. The molecule has 1 heterocycles. The molecule has 8 nitrogen and oxygen atoms in total. The van der Waals surface area contributed by atoms with Crippen molar-refractivity contribution in [1.29, 1.82) is 0 Å². The number of benzene rings is 2. The third kappa shape index (κ3) is 3.34. The van der Waals surface area contributed by atoms with Crippen LogP contribution in [-0.2, 0) is 11.3 Å². The zero-order chi connectivity index (χ0) is 18.0. The number of carbonyl (C=O) groups excluding carboxylic acids is 1. The predicted octanol–water partition coefficient (Wildman–Crippen LogP) is 2.05. The van der Waals surface area contributed by atoms with Gasteiger partial charge >= 0.3 is 11.7 Å². The van der Waals surface area contributed by atoms with E-state index in [1.807, 2.05) is 0 Å². The molecule has 0 bridgehead atoms. The van der Waals surface area contributed by atoms with E-state index in [9.17, 15) is 24.1 Å². The van der Waals surface area contributed by atoms with Gasteiger partial charge in [-0.1, -0.05) is 12.1 Å². The van der Waals surface area contributed by atoms with Crippen molar-refractivity contribution in [3.05, 3.63) is 75.1 Å². The number of carbonyl (C=O) groups is 1. The Morgan fingerprint density at radius 3 is 2.80 bits per heavy atom. The van der Waals surface area contributed by atoms with Crippen LogP contribution < -0.4 is 10.3 Å². The van der Waals surface area contributed by atoms with E-state index < -0.39 is 40.3 Å². The lowest BCUT2D eigenvalue weighted by molar-refractivity contribution is -0.385. The van der Waals surface area contributed by atoms with Crippen LogP contribution in [0.2, 0.25) is 0 Å². The Morgan fingerprint density at radius 2 is 2.04 bits per heavy atom. The van der Waals surface area contributed by atoms with Crippen LogP contribution in [0.15, 0.2) is 53.6 Å². The van der Waals surface area contributed by atoms with Gasteiger partial charge in [0.15, 0.2) is 0 Å². The van der Waals surface area contributed by atoms with Gasteiger partial charge in [0.1, 0.15) is 12.4 Å². The van der Waals surface area contributed by atoms with Crippen LogP contribution in [0.5, 0.6) is 5.75 Å². The molecule has 3 aromatic rings. The molecule has 0 N–H and O–H groups in total. The third-order valence-electron chi connectivity index (χ3n) is 3.37. The summed E-state index contributed by atoms with van der Waals surface area (Å²) in [5, 5.41) is 11.2. The average molecular weight is 343 g/mol. The molecule has 9 heteroatoms. The molecule has 0 atom stereocenters. The molecule has 0 saturated carbocycles. The number of esters is 1. The van der Waals surface area contributed by atoms with E-state index in [2.05, 4.69) is 4.98 Å². The molecule has 0 aliphatic rings. The van der Waals surface area contributed by atoms with E-state index in [1.54, 1.807) is 24.3 Å². The first-order valence-corrected chi connectivity index (χ1v) is 7.04. The van der Waals surface area contributed by atoms with Gasteiger partial charge in [-0.2, -0.15) is 0 Å². The van der Waals surface area contributed by atoms with Gasteiger partial charge in [0.2, 0.25) is 5.75 Å². The first kappa shape index (κ1) is 16.2. The summed E-state index contributed by atoms with van der Waals surface area (Å²) in [5.74, 6) is -2.29. The van der Waals surface area contributed by atoms with Gasteiger partial charge in [0.25, 0.3) is 5.56 Å². The third-order valence-corrected chi connectivity index (χ3v) is 3.37. The van der Waals surface area contributed by atoms with Gasteiger partial charge in [-0.3, -0.25) is 19.5 Å². The fourth-order valence-corrected chi connectivity index (χ4v) is 2.23. The molecular weight excluding hydrogens is 333 g/mol. The second kappa shape index (κ2) is 6.48. The van der Waals surface area contributed by atoms with Crippen LogP contribution in [0.1, 0.15) is 0 Å².